The van der Waals surface area contributed by atoms with Crippen molar-refractivity contribution in [3.63, 3.8) is 0 Å². The van der Waals surface area contributed by atoms with E-state index in [1.165, 1.54) is 0 Å². The lowest BCUT2D eigenvalue weighted by Crippen LogP contribution is -2.24. The maximum absolute atomic E-state index is 12.9. The highest BCUT2D eigenvalue weighted by molar-refractivity contribution is 9.10. The van der Waals surface area contributed by atoms with Crippen LogP contribution in [-0.4, -0.2) is 20.7 Å². The van der Waals surface area contributed by atoms with E-state index in [-0.39, 0.29) is 11.8 Å². The molecule has 0 fully saturated rings. The number of hydrogen-bond donors (Lipinski definition) is 1. The zero-order chi connectivity index (χ0) is 20.8. The van der Waals surface area contributed by atoms with Crippen molar-refractivity contribution in [2.75, 3.05) is 0 Å². The van der Waals surface area contributed by atoms with Gasteiger partial charge in [0, 0.05) is 29.6 Å². The average molecular weight is 463 g/mol. The summed E-state index contributed by atoms with van der Waals surface area (Å²) in [6.07, 6.45) is 5.26. The highest BCUT2D eigenvalue weighted by Gasteiger charge is 2.15. The van der Waals surface area contributed by atoms with E-state index in [1.807, 2.05) is 65.5 Å². The van der Waals surface area contributed by atoms with Gasteiger partial charge in [-0.05, 0) is 47.5 Å². The zero-order valence-corrected chi connectivity index (χ0v) is 17.6. The van der Waals surface area contributed by atoms with E-state index < -0.39 is 0 Å². The molecule has 0 aliphatic carbocycles. The molecule has 1 N–H and O–H groups in total. The molecule has 30 heavy (non-hydrogen) atoms. The predicted molar refractivity (Wildman–Crippen MR) is 117 cm³/mol. The number of carbonyl (C=O) groups excluding carboxylic acids is 1. The van der Waals surface area contributed by atoms with Gasteiger partial charge in [0.25, 0.3) is 5.91 Å². The van der Waals surface area contributed by atoms with Crippen molar-refractivity contribution in [2.45, 2.75) is 13.1 Å². The minimum atomic E-state index is -0.248. The minimum Gasteiger partial charge on any atom is -0.438 e. The highest BCUT2D eigenvalue weighted by atomic mass is 79.9. The number of nitrogens with zero attached hydrogens (tertiary/aromatic N) is 3. The molecular formula is C23H19BrN4O2. The molecule has 7 heteroatoms. The molecule has 2 heterocycles. The van der Waals surface area contributed by atoms with Gasteiger partial charge < -0.3 is 10.1 Å². The van der Waals surface area contributed by atoms with Gasteiger partial charge in [-0.25, -0.2) is 4.98 Å². The van der Waals surface area contributed by atoms with Crippen molar-refractivity contribution in [2.24, 2.45) is 0 Å². The topological polar surface area (TPSA) is 69.0 Å². The van der Waals surface area contributed by atoms with Crippen molar-refractivity contribution in [3.05, 3.63) is 106 Å². The van der Waals surface area contributed by atoms with Gasteiger partial charge in [0.1, 0.15) is 11.3 Å². The summed E-state index contributed by atoms with van der Waals surface area (Å²) in [5, 5.41) is 7.23. The van der Waals surface area contributed by atoms with Crippen LogP contribution < -0.4 is 10.1 Å². The Morgan fingerprint density at radius 1 is 1.00 bits per heavy atom. The quantitative estimate of drug-likeness (QED) is 0.427. The van der Waals surface area contributed by atoms with Crippen LogP contribution >= 0.6 is 15.9 Å². The van der Waals surface area contributed by atoms with Gasteiger partial charge in [-0.2, -0.15) is 5.10 Å². The van der Waals surface area contributed by atoms with E-state index in [1.54, 1.807) is 24.5 Å². The molecule has 2 aromatic heterocycles. The lowest BCUT2D eigenvalue weighted by Gasteiger charge is -2.13. The van der Waals surface area contributed by atoms with Crippen molar-refractivity contribution in [1.82, 2.24) is 20.1 Å². The Morgan fingerprint density at radius 3 is 2.67 bits per heavy atom. The number of aromatic nitrogens is 3. The fraction of sp³-hybridized carbons (Fsp3) is 0.0870. The Hall–Kier alpha value is -3.45. The molecule has 0 unspecified atom stereocenters. The normalized spacial score (nSPS) is 10.6. The molecule has 1 amide bonds. The summed E-state index contributed by atoms with van der Waals surface area (Å²) in [7, 11) is 0. The summed E-state index contributed by atoms with van der Waals surface area (Å²) in [5.74, 6) is 0.613. The van der Waals surface area contributed by atoms with Crippen LogP contribution in [0, 0.1) is 0 Å². The molecule has 0 saturated carbocycles. The van der Waals surface area contributed by atoms with Gasteiger partial charge in [-0.15, -0.1) is 0 Å². The fourth-order valence-electron chi connectivity index (χ4n) is 3.01. The third-order valence-electron chi connectivity index (χ3n) is 4.48. The summed E-state index contributed by atoms with van der Waals surface area (Å²) in [6, 6.07) is 20.7. The molecule has 2 aromatic carbocycles. The van der Waals surface area contributed by atoms with Crippen LogP contribution in [0.1, 0.15) is 21.5 Å². The second-order valence-corrected chi connectivity index (χ2v) is 7.49. The second kappa shape index (κ2) is 9.37. The van der Waals surface area contributed by atoms with Crippen molar-refractivity contribution in [3.8, 4) is 11.6 Å². The standard InChI is InChI=1S/C23H19BrN4O2/c24-19-8-3-9-20(14-19)30-23-21(10-4-11-25-23)22(29)26-15-17-6-1-2-7-18(17)16-28-13-5-12-27-28/h1-14H,15-16H2,(H,26,29). The highest BCUT2D eigenvalue weighted by Crippen LogP contribution is 2.25. The summed E-state index contributed by atoms with van der Waals surface area (Å²) in [4.78, 5) is 17.1. The molecule has 0 bridgehead atoms. The molecular weight excluding hydrogens is 444 g/mol. The minimum absolute atomic E-state index is 0.248. The van der Waals surface area contributed by atoms with Crippen LogP contribution in [-0.2, 0) is 13.1 Å². The van der Waals surface area contributed by atoms with Crippen molar-refractivity contribution >= 4 is 21.8 Å². The number of ether oxygens (including phenoxy) is 1. The third-order valence-corrected chi connectivity index (χ3v) is 4.97. The van der Waals surface area contributed by atoms with E-state index in [0.717, 1.165) is 15.6 Å². The average Bonchev–Trinajstić information content (AvgIpc) is 3.26. The monoisotopic (exact) mass is 462 g/mol. The van der Waals surface area contributed by atoms with Crippen LogP contribution in [0.4, 0.5) is 0 Å². The Labute approximate surface area is 182 Å². The number of carbonyl (C=O) groups is 1. The number of amides is 1. The molecule has 4 aromatic rings. The summed E-state index contributed by atoms with van der Waals surface area (Å²) in [5.41, 5.74) is 2.50. The molecule has 0 aliphatic rings. The molecule has 6 nitrogen and oxygen atoms in total. The van der Waals surface area contributed by atoms with E-state index in [0.29, 0.717) is 24.4 Å². The number of rotatable bonds is 7. The lowest BCUT2D eigenvalue weighted by molar-refractivity contribution is 0.0948. The van der Waals surface area contributed by atoms with Gasteiger partial charge in [0.05, 0.1) is 6.54 Å². The van der Waals surface area contributed by atoms with Crippen LogP contribution in [0.2, 0.25) is 0 Å². The van der Waals surface area contributed by atoms with Crippen LogP contribution in [0.25, 0.3) is 0 Å². The van der Waals surface area contributed by atoms with Crippen LogP contribution in [0.15, 0.2) is 89.8 Å². The van der Waals surface area contributed by atoms with E-state index >= 15 is 0 Å². The molecule has 0 radical (unpaired) electrons. The fourth-order valence-corrected chi connectivity index (χ4v) is 3.39. The number of pyridine rings is 1. The maximum atomic E-state index is 12.9. The summed E-state index contributed by atoms with van der Waals surface area (Å²) < 4.78 is 8.58. The Kier molecular flexibility index (Phi) is 6.20. The van der Waals surface area contributed by atoms with E-state index in [9.17, 15) is 4.79 Å². The smallest absolute Gasteiger partial charge is 0.257 e. The van der Waals surface area contributed by atoms with Crippen LogP contribution in [0.3, 0.4) is 0 Å². The predicted octanol–water partition coefficient (Wildman–Crippen LogP) is 4.81. The molecule has 4 rings (SSSR count). The Morgan fingerprint density at radius 2 is 1.87 bits per heavy atom. The largest absolute Gasteiger partial charge is 0.438 e. The first-order valence-corrected chi connectivity index (χ1v) is 10.2. The van der Waals surface area contributed by atoms with Crippen molar-refractivity contribution < 1.29 is 9.53 Å². The van der Waals surface area contributed by atoms with Gasteiger partial charge in [-0.1, -0.05) is 46.3 Å². The summed E-state index contributed by atoms with van der Waals surface area (Å²) in [6.45, 7) is 1.03. The molecule has 0 atom stereocenters. The number of nitrogens with one attached hydrogen (secondary N) is 1. The van der Waals surface area contributed by atoms with Crippen LogP contribution in [0.5, 0.6) is 11.6 Å². The maximum Gasteiger partial charge on any atom is 0.257 e. The molecule has 150 valence electrons. The van der Waals surface area contributed by atoms with E-state index in [4.69, 9.17) is 4.74 Å². The molecule has 0 saturated heterocycles. The number of benzene rings is 2. The van der Waals surface area contributed by atoms with Gasteiger partial charge in [0.15, 0.2) is 0 Å². The second-order valence-electron chi connectivity index (χ2n) is 6.57. The SMILES string of the molecule is O=C(NCc1ccccc1Cn1cccn1)c1cccnc1Oc1cccc(Br)c1. The lowest BCUT2D eigenvalue weighted by atomic mass is 10.1. The first kappa shape index (κ1) is 19.8. The van der Waals surface area contributed by atoms with E-state index in [2.05, 4.69) is 31.3 Å². The van der Waals surface area contributed by atoms with Crippen molar-refractivity contribution in [1.29, 1.82) is 0 Å². The number of halogens is 1. The first-order chi connectivity index (χ1) is 14.7. The first-order valence-electron chi connectivity index (χ1n) is 9.40. The number of hydrogen-bond acceptors (Lipinski definition) is 4. The van der Waals surface area contributed by atoms with Gasteiger partial charge >= 0.3 is 0 Å². The molecule has 0 spiro atoms. The molecule has 0 aliphatic heterocycles. The van der Waals surface area contributed by atoms with Gasteiger partial charge in [0.2, 0.25) is 5.88 Å². The van der Waals surface area contributed by atoms with Gasteiger partial charge in [-0.3, -0.25) is 9.48 Å². The Balaban J connectivity index is 1.48. The summed E-state index contributed by atoms with van der Waals surface area (Å²) >= 11 is 3.42. The third kappa shape index (κ3) is 4.93. The zero-order valence-electron chi connectivity index (χ0n) is 16.0. The Bertz CT molecular complexity index is 1150.